The van der Waals surface area contributed by atoms with Gasteiger partial charge < -0.3 is 21.3 Å². The molecule has 1 saturated carbocycles. The number of hydrogen-bond acceptors (Lipinski definition) is 5. The van der Waals surface area contributed by atoms with Crippen LogP contribution in [0.15, 0.2) is 78.9 Å². The molecule has 42 heavy (non-hydrogen) atoms. The average molecular weight is 567 g/mol. The van der Waals surface area contributed by atoms with Gasteiger partial charge in [-0.1, -0.05) is 78.9 Å². The first-order valence-electron chi connectivity index (χ1n) is 14.2. The quantitative estimate of drug-likeness (QED) is 0.340. The molecule has 1 heterocycles. The zero-order valence-corrected chi connectivity index (χ0v) is 23.3. The molecule has 0 saturated heterocycles. The lowest BCUT2D eigenvalue weighted by molar-refractivity contribution is -0.138. The molecule has 4 N–H and O–H groups in total. The van der Waals surface area contributed by atoms with E-state index in [0.717, 1.165) is 27.8 Å². The van der Waals surface area contributed by atoms with Gasteiger partial charge in [0.25, 0.3) is 5.91 Å². The van der Waals surface area contributed by atoms with Crippen molar-refractivity contribution in [2.24, 2.45) is 0 Å². The summed E-state index contributed by atoms with van der Waals surface area (Å²) in [5.74, 6) is -2.82. The van der Waals surface area contributed by atoms with Gasteiger partial charge in [-0.3, -0.25) is 24.0 Å². The van der Waals surface area contributed by atoms with E-state index in [1.54, 1.807) is 0 Å². The van der Waals surface area contributed by atoms with E-state index in [1.165, 1.54) is 0 Å². The molecule has 4 bridgehead atoms. The van der Waals surface area contributed by atoms with Crippen LogP contribution in [0.5, 0.6) is 0 Å². The number of ketones is 1. The SMILES string of the molecule is O=C1CCc2cccc(c2)-c2cccc(c2)CCC(C(=O)NCC(=O)C(=O)NCc2ccccc2)NC(=O)C2(CC2)N1. The lowest BCUT2D eigenvalue weighted by Gasteiger charge is -2.23. The minimum Gasteiger partial charge on any atom is -0.347 e. The molecule has 3 aromatic rings. The highest BCUT2D eigenvalue weighted by atomic mass is 16.2. The summed E-state index contributed by atoms with van der Waals surface area (Å²) < 4.78 is 0. The van der Waals surface area contributed by atoms with Crippen LogP contribution in [0.1, 0.15) is 42.4 Å². The van der Waals surface area contributed by atoms with Crippen molar-refractivity contribution in [1.29, 1.82) is 0 Å². The summed E-state index contributed by atoms with van der Waals surface area (Å²) >= 11 is 0. The van der Waals surface area contributed by atoms with Crippen LogP contribution in [0.3, 0.4) is 0 Å². The van der Waals surface area contributed by atoms with Crippen LogP contribution in [0.25, 0.3) is 11.1 Å². The molecule has 0 aromatic heterocycles. The Morgan fingerprint density at radius 2 is 1.45 bits per heavy atom. The first kappa shape index (κ1) is 28.7. The van der Waals surface area contributed by atoms with E-state index in [4.69, 9.17) is 0 Å². The molecule has 1 aliphatic heterocycles. The van der Waals surface area contributed by atoms with Gasteiger partial charge in [0.15, 0.2) is 0 Å². The van der Waals surface area contributed by atoms with Crippen molar-refractivity contribution in [2.75, 3.05) is 6.54 Å². The second-order valence-corrected chi connectivity index (χ2v) is 10.9. The van der Waals surface area contributed by atoms with Gasteiger partial charge in [-0.05, 0) is 59.9 Å². The predicted molar refractivity (Wildman–Crippen MR) is 157 cm³/mol. The standard InChI is InChI=1S/C33H34N4O5/c38-28(31(41)34-20-24-6-2-1-3-7-24)21-35-30(40)27-14-12-22-8-4-10-25(18-22)26-11-5-9-23(19-26)13-15-29(39)37-33(16-17-33)32(42)36-27/h1-11,18-19,27H,12-17,20-21H2,(H,34,41)(H,35,40)(H,36,42)(H,37,39). The van der Waals surface area contributed by atoms with E-state index < -0.39 is 41.6 Å². The molecule has 9 nitrogen and oxygen atoms in total. The number of hydrogen-bond donors (Lipinski definition) is 4. The highest BCUT2D eigenvalue weighted by molar-refractivity contribution is 6.37. The summed E-state index contributed by atoms with van der Waals surface area (Å²) in [5, 5.41) is 10.8. The van der Waals surface area contributed by atoms with Crippen molar-refractivity contribution < 1.29 is 24.0 Å². The maximum atomic E-state index is 13.3. The molecule has 4 amide bonds. The van der Waals surface area contributed by atoms with Crippen LogP contribution in [0.4, 0.5) is 0 Å². The third-order valence-electron chi connectivity index (χ3n) is 7.71. The summed E-state index contributed by atoms with van der Waals surface area (Å²) in [6.45, 7) is -0.311. The number of nitrogens with one attached hydrogen (secondary N) is 4. The van der Waals surface area contributed by atoms with Crippen molar-refractivity contribution in [1.82, 2.24) is 21.3 Å². The lowest BCUT2D eigenvalue weighted by atomic mass is 9.97. The van der Waals surface area contributed by atoms with E-state index in [1.807, 2.05) is 66.7 Å². The van der Waals surface area contributed by atoms with Crippen LogP contribution < -0.4 is 21.3 Å². The minimum atomic E-state index is -1.04. The molecule has 1 atom stereocenters. The molecule has 5 rings (SSSR count). The molecule has 3 aromatic carbocycles. The molecular weight excluding hydrogens is 532 g/mol. The van der Waals surface area contributed by atoms with Crippen molar-refractivity contribution >= 4 is 29.4 Å². The smallest absolute Gasteiger partial charge is 0.289 e. The Labute approximate surface area is 244 Å². The Morgan fingerprint density at radius 1 is 0.786 bits per heavy atom. The normalized spacial score (nSPS) is 17.9. The molecule has 1 unspecified atom stereocenters. The molecule has 1 aliphatic carbocycles. The monoisotopic (exact) mass is 566 g/mol. The highest BCUT2D eigenvalue weighted by Gasteiger charge is 2.51. The zero-order chi connectivity index (χ0) is 29.5. The molecule has 2 aliphatic rings. The molecular formula is C33H34N4O5. The van der Waals surface area contributed by atoms with Gasteiger partial charge in [0.05, 0.1) is 6.54 Å². The largest absolute Gasteiger partial charge is 0.347 e. The lowest BCUT2D eigenvalue weighted by Crippen LogP contribution is -2.56. The number of carbonyl (C=O) groups excluding carboxylic acids is 5. The van der Waals surface area contributed by atoms with Gasteiger partial charge in [0.2, 0.25) is 23.5 Å². The van der Waals surface area contributed by atoms with Gasteiger partial charge in [-0.25, -0.2) is 0 Å². The van der Waals surface area contributed by atoms with E-state index in [-0.39, 0.29) is 25.3 Å². The van der Waals surface area contributed by atoms with E-state index in [0.29, 0.717) is 25.7 Å². The van der Waals surface area contributed by atoms with Gasteiger partial charge in [0, 0.05) is 13.0 Å². The van der Waals surface area contributed by atoms with Crippen molar-refractivity contribution in [2.45, 2.75) is 56.7 Å². The fraction of sp³-hybridized carbons (Fsp3) is 0.303. The Bertz CT molecular complexity index is 1500. The van der Waals surface area contributed by atoms with Crippen LogP contribution in [-0.4, -0.2) is 47.5 Å². The van der Waals surface area contributed by atoms with E-state index in [2.05, 4.69) is 33.4 Å². The summed E-state index contributed by atoms with van der Waals surface area (Å²) in [7, 11) is 0. The van der Waals surface area contributed by atoms with Crippen LogP contribution in [-0.2, 0) is 43.4 Å². The average Bonchev–Trinajstić information content (AvgIpc) is 3.80. The number of amides is 4. The minimum absolute atomic E-state index is 0.190. The van der Waals surface area contributed by atoms with E-state index >= 15 is 0 Å². The first-order valence-corrected chi connectivity index (χ1v) is 14.2. The number of aryl methyl sites for hydroxylation is 2. The fourth-order valence-electron chi connectivity index (χ4n) is 5.06. The topological polar surface area (TPSA) is 133 Å². The molecule has 0 radical (unpaired) electrons. The number of fused-ring (bicyclic) bond motifs is 5. The van der Waals surface area contributed by atoms with Crippen LogP contribution in [0, 0.1) is 0 Å². The summed E-state index contributed by atoms with van der Waals surface area (Å²) in [4.78, 5) is 64.0. The molecule has 9 heteroatoms. The zero-order valence-electron chi connectivity index (χ0n) is 23.3. The summed E-state index contributed by atoms with van der Waals surface area (Å²) in [5.41, 5.74) is 3.88. The third kappa shape index (κ3) is 7.28. The van der Waals surface area contributed by atoms with Crippen molar-refractivity contribution in [3.05, 3.63) is 95.6 Å². The van der Waals surface area contributed by atoms with Gasteiger partial charge >= 0.3 is 0 Å². The van der Waals surface area contributed by atoms with Crippen molar-refractivity contribution in [3.63, 3.8) is 0 Å². The molecule has 216 valence electrons. The van der Waals surface area contributed by atoms with Crippen LogP contribution in [0.2, 0.25) is 0 Å². The number of carbonyl (C=O) groups is 5. The second-order valence-electron chi connectivity index (χ2n) is 10.9. The maximum absolute atomic E-state index is 13.3. The second kappa shape index (κ2) is 12.8. The van der Waals surface area contributed by atoms with Crippen LogP contribution >= 0.6 is 0 Å². The Morgan fingerprint density at radius 3 is 2.12 bits per heavy atom. The predicted octanol–water partition coefficient (Wildman–Crippen LogP) is 2.37. The number of benzene rings is 3. The van der Waals surface area contributed by atoms with E-state index in [9.17, 15) is 24.0 Å². The Balaban J connectivity index is 1.28. The van der Waals surface area contributed by atoms with Gasteiger partial charge in [-0.2, -0.15) is 0 Å². The number of Topliss-reactive ketones (excluding diaryl/α,β-unsaturated/α-hetero) is 1. The third-order valence-corrected chi connectivity index (χ3v) is 7.71. The summed E-state index contributed by atoms with van der Waals surface area (Å²) in [6.07, 6.45) is 2.48. The Hall–Kier alpha value is -4.79. The Kier molecular flexibility index (Phi) is 8.76. The maximum Gasteiger partial charge on any atom is 0.289 e. The summed E-state index contributed by atoms with van der Waals surface area (Å²) in [6, 6.07) is 24.2. The first-order chi connectivity index (χ1) is 20.3. The number of rotatable bonds is 6. The highest BCUT2D eigenvalue weighted by Crippen LogP contribution is 2.36. The van der Waals surface area contributed by atoms with Gasteiger partial charge in [0.1, 0.15) is 11.6 Å². The van der Waals surface area contributed by atoms with Crippen molar-refractivity contribution in [3.8, 4) is 11.1 Å². The molecule has 1 spiro atoms. The van der Waals surface area contributed by atoms with Gasteiger partial charge in [-0.15, -0.1) is 0 Å². The fourth-order valence-corrected chi connectivity index (χ4v) is 5.06. The molecule has 1 fully saturated rings.